The monoisotopic (exact) mass is 239 g/mol. The standard InChI is InChI=1S/C14H25NO2/c1-5-6-9-12-10-7-8-11-15(12)13(16)17-14(2,3)4/h10H,5-9,11H2,1-4H3. The van der Waals surface area contributed by atoms with Gasteiger partial charge in [0.2, 0.25) is 0 Å². The van der Waals surface area contributed by atoms with Crippen LogP contribution in [-0.4, -0.2) is 23.1 Å². The molecule has 0 aromatic rings. The predicted molar refractivity (Wildman–Crippen MR) is 69.8 cm³/mol. The van der Waals surface area contributed by atoms with Gasteiger partial charge in [-0.1, -0.05) is 19.4 Å². The van der Waals surface area contributed by atoms with Gasteiger partial charge in [0, 0.05) is 12.2 Å². The van der Waals surface area contributed by atoms with E-state index in [1.165, 1.54) is 0 Å². The van der Waals surface area contributed by atoms with Crippen LogP contribution < -0.4 is 0 Å². The van der Waals surface area contributed by atoms with Gasteiger partial charge in [0.1, 0.15) is 5.60 Å². The van der Waals surface area contributed by atoms with Crippen molar-refractivity contribution < 1.29 is 9.53 Å². The third-order valence-corrected chi connectivity index (χ3v) is 2.71. The molecule has 3 nitrogen and oxygen atoms in total. The topological polar surface area (TPSA) is 29.5 Å². The van der Waals surface area contributed by atoms with Crippen molar-refractivity contribution in [1.82, 2.24) is 4.90 Å². The maximum absolute atomic E-state index is 12.1. The van der Waals surface area contributed by atoms with E-state index in [2.05, 4.69) is 13.0 Å². The molecule has 0 radical (unpaired) electrons. The van der Waals surface area contributed by atoms with Gasteiger partial charge in [-0.05, 0) is 46.5 Å². The lowest BCUT2D eigenvalue weighted by Gasteiger charge is -2.31. The Bertz CT molecular complexity index is 289. The van der Waals surface area contributed by atoms with Crippen LogP contribution in [0.2, 0.25) is 0 Å². The second-order valence-electron chi connectivity index (χ2n) is 5.57. The molecule has 0 saturated heterocycles. The van der Waals surface area contributed by atoms with Gasteiger partial charge in [0.15, 0.2) is 0 Å². The number of amides is 1. The molecular weight excluding hydrogens is 214 g/mol. The van der Waals surface area contributed by atoms with E-state index >= 15 is 0 Å². The number of hydrogen-bond donors (Lipinski definition) is 0. The second-order valence-corrected chi connectivity index (χ2v) is 5.57. The minimum absolute atomic E-state index is 0.195. The first-order chi connectivity index (χ1) is 7.94. The van der Waals surface area contributed by atoms with Gasteiger partial charge in [-0.3, -0.25) is 4.90 Å². The summed E-state index contributed by atoms with van der Waals surface area (Å²) in [7, 11) is 0. The average Bonchev–Trinajstić information content (AvgIpc) is 2.24. The first-order valence-corrected chi connectivity index (χ1v) is 6.63. The van der Waals surface area contributed by atoms with Crippen LogP contribution >= 0.6 is 0 Å². The van der Waals surface area contributed by atoms with Crippen molar-refractivity contribution in [2.75, 3.05) is 6.54 Å². The van der Waals surface area contributed by atoms with E-state index in [-0.39, 0.29) is 6.09 Å². The van der Waals surface area contributed by atoms with Crippen LogP contribution in [0.4, 0.5) is 4.79 Å². The molecule has 0 saturated carbocycles. The Morgan fingerprint density at radius 3 is 2.76 bits per heavy atom. The Hall–Kier alpha value is -0.990. The number of rotatable bonds is 3. The highest BCUT2D eigenvalue weighted by Gasteiger charge is 2.25. The molecule has 0 fully saturated rings. The number of hydrogen-bond acceptors (Lipinski definition) is 2. The maximum atomic E-state index is 12.1. The maximum Gasteiger partial charge on any atom is 0.414 e. The van der Waals surface area contributed by atoms with E-state index in [0.717, 1.165) is 44.3 Å². The predicted octanol–water partition coefficient (Wildman–Crippen LogP) is 4.09. The van der Waals surface area contributed by atoms with Crippen molar-refractivity contribution in [2.24, 2.45) is 0 Å². The minimum atomic E-state index is -0.412. The lowest BCUT2D eigenvalue weighted by atomic mass is 10.1. The molecule has 1 amide bonds. The normalized spacial score (nSPS) is 16.7. The third-order valence-electron chi connectivity index (χ3n) is 2.71. The fourth-order valence-corrected chi connectivity index (χ4v) is 1.89. The molecule has 1 heterocycles. The van der Waals surface area contributed by atoms with Crippen molar-refractivity contribution in [3.63, 3.8) is 0 Å². The number of carbonyl (C=O) groups excluding carboxylic acids is 1. The molecule has 0 bridgehead atoms. The third kappa shape index (κ3) is 4.80. The van der Waals surface area contributed by atoms with E-state index in [1.54, 1.807) is 0 Å². The first-order valence-electron chi connectivity index (χ1n) is 6.63. The smallest absolute Gasteiger partial charge is 0.414 e. The van der Waals surface area contributed by atoms with Crippen LogP contribution in [0.5, 0.6) is 0 Å². The summed E-state index contributed by atoms with van der Waals surface area (Å²) in [6.45, 7) is 8.69. The molecule has 0 spiro atoms. The second kappa shape index (κ2) is 6.08. The van der Waals surface area contributed by atoms with Gasteiger partial charge in [-0.15, -0.1) is 0 Å². The molecule has 0 aromatic carbocycles. The molecule has 0 aliphatic carbocycles. The first kappa shape index (κ1) is 14.1. The summed E-state index contributed by atoms with van der Waals surface area (Å²) in [5.74, 6) is 0. The van der Waals surface area contributed by atoms with Crippen molar-refractivity contribution in [2.45, 2.75) is 65.4 Å². The number of allylic oxidation sites excluding steroid dienone is 2. The van der Waals surface area contributed by atoms with Crippen LogP contribution in [0.1, 0.15) is 59.8 Å². The molecule has 0 unspecified atom stereocenters. The van der Waals surface area contributed by atoms with Gasteiger partial charge in [0.05, 0.1) is 0 Å². The van der Waals surface area contributed by atoms with Crippen LogP contribution in [0.3, 0.4) is 0 Å². The number of carbonyl (C=O) groups is 1. The fraction of sp³-hybridized carbons (Fsp3) is 0.786. The molecule has 0 atom stereocenters. The molecule has 17 heavy (non-hydrogen) atoms. The van der Waals surface area contributed by atoms with E-state index in [4.69, 9.17) is 4.74 Å². The zero-order chi connectivity index (χ0) is 12.9. The van der Waals surface area contributed by atoms with Crippen molar-refractivity contribution in [3.05, 3.63) is 11.8 Å². The minimum Gasteiger partial charge on any atom is -0.443 e. The highest BCUT2D eigenvalue weighted by Crippen LogP contribution is 2.22. The van der Waals surface area contributed by atoms with Gasteiger partial charge < -0.3 is 4.74 Å². The molecule has 1 aliphatic rings. The Morgan fingerprint density at radius 1 is 1.47 bits per heavy atom. The van der Waals surface area contributed by atoms with Crippen LogP contribution in [0, 0.1) is 0 Å². The summed E-state index contributed by atoms with van der Waals surface area (Å²) >= 11 is 0. The van der Waals surface area contributed by atoms with Crippen LogP contribution in [-0.2, 0) is 4.74 Å². The van der Waals surface area contributed by atoms with Crippen LogP contribution in [0.25, 0.3) is 0 Å². The highest BCUT2D eigenvalue weighted by atomic mass is 16.6. The molecule has 98 valence electrons. The van der Waals surface area contributed by atoms with E-state index < -0.39 is 5.60 Å². The SMILES string of the molecule is CCCCC1=CCCCN1C(=O)OC(C)(C)C. The molecule has 1 rings (SSSR count). The lowest BCUT2D eigenvalue weighted by Crippen LogP contribution is -2.38. The Labute approximate surface area is 105 Å². The quantitative estimate of drug-likeness (QED) is 0.742. The largest absolute Gasteiger partial charge is 0.443 e. The fourth-order valence-electron chi connectivity index (χ4n) is 1.89. The molecular formula is C14H25NO2. The van der Waals surface area contributed by atoms with Crippen molar-refractivity contribution >= 4 is 6.09 Å². The van der Waals surface area contributed by atoms with Crippen molar-refractivity contribution in [1.29, 1.82) is 0 Å². The van der Waals surface area contributed by atoms with Gasteiger partial charge in [0.25, 0.3) is 0 Å². The summed E-state index contributed by atoms with van der Waals surface area (Å²) < 4.78 is 5.43. The Morgan fingerprint density at radius 2 is 2.18 bits per heavy atom. The van der Waals surface area contributed by atoms with E-state index in [1.807, 2.05) is 25.7 Å². The summed E-state index contributed by atoms with van der Waals surface area (Å²) in [4.78, 5) is 13.9. The van der Waals surface area contributed by atoms with E-state index in [0.29, 0.717) is 0 Å². The molecule has 1 aliphatic heterocycles. The lowest BCUT2D eigenvalue weighted by molar-refractivity contribution is 0.0296. The highest BCUT2D eigenvalue weighted by molar-refractivity contribution is 5.70. The van der Waals surface area contributed by atoms with Gasteiger partial charge in [-0.2, -0.15) is 0 Å². The van der Waals surface area contributed by atoms with Gasteiger partial charge >= 0.3 is 6.09 Å². The summed E-state index contributed by atoms with van der Waals surface area (Å²) in [6.07, 6.45) is 7.37. The number of ether oxygens (including phenoxy) is 1. The summed E-state index contributed by atoms with van der Waals surface area (Å²) in [6, 6.07) is 0. The van der Waals surface area contributed by atoms with Crippen molar-refractivity contribution in [3.8, 4) is 0 Å². The zero-order valence-corrected chi connectivity index (χ0v) is 11.6. The van der Waals surface area contributed by atoms with Crippen LogP contribution in [0.15, 0.2) is 11.8 Å². The Balaban J connectivity index is 2.63. The molecule has 0 N–H and O–H groups in total. The number of unbranched alkanes of at least 4 members (excludes halogenated alkanes) is 1. The summed E-state index contributed by atoms with van der Waals surface area (Å²) in [5.41, 5.74) is 0.733. The Kier molecular flexibility index (Phi) is 5.03. The molecule has 3 heteroatoms. The molecule has 0 aromatic heterocycles. The number of nitrogens with zero attached hydrogens (tertiary/aromatic N) is 1. The van der Waals surface area contributed by atoms with Gasteiger partial charge in [-0.25, -0.2) is 4.79 Å². The van der Waals surface area contributed by atoms with E-state index in [9.17, 15) is 4.79 Å². The summed E-state index contributed by atoms with van der Waals surface area (Å²) in [5, 5.41) is 0. The zero-order valence-electron chi connectivity index (χ0n) is 11.6. The average molecular weight is 239 g/mol.